The number of carbonyl (C=O) groups is 1. The SMILES string of the molecule is C=CC(=O)N1CCC(c2onc(-c3c(C)cc(C)cc3C)c2C)CC1. The maximum Gasteiger partial charge on any atom is 0.245 e. The van der Waals surface area contributed by atoms with E-state index in [2.05, 4.69) is 51.6 Å². The predicted octanol–water partition coefficient (Wildman–Crippen LogP) is 4.47. The lowest BCUT2D eigenvalue weighted by Crippen LogP contribution is -2.36. The van der Waals surface area contributed by atoms with Gasteiger partial charge in [0.15, 0.2) is 0 Å². The van der Waals surface area contributed by atoms with Crippen molar-refractivity contribution < 1.29 is 9.32 Å². The zero-order chi connectivity index (χ0) is 18.1. The molecule has 4 nitrogen and oxygen atoms in total. The predicted molar refractivity (Wildman–Crippen MR) is 99.6 cm³/mol. The quantitative estimate of drug-likeness (QED) is 0.776. The van der Waals surface area contributed by atoms with Gasteiger partial charge in [-0.3, -0.25) is 4.79 Å². The Hall–Kier alpha value is -2.36. The van der Waals surface area contributed by atoms with Crippen LogP contribution < -0.4 is 0 Å². The minimum Gasteiger partial charge on any atom is -0.360 e. The summed E-state index contributed by atoms with van der Waals surface area (Å²) in [6.45, 7) is 13.5. The smallest absolute Gasteiger partial charge is 0.245 e. The number of rotatable bonds is 3. The second-order valence-corrected chi connectivity index (χ2v) is 7.10. The molecule has 132 valence electrons. The van der Waals surface area contributed by atoms with Gasteiger partial charge in [0.25, 0.3) is 0 Å². The molecular weight excluding hydrogens is 312 g/mol. The molecule has 1 saturated heterocycles. The third-order valence-electron chi connectivity index (χ3n) is 5.23. The molecule has 0 saturated carbocycles. The summed E-state index contributed by atoms with van der Waals surface area (Å²) in [5.74, 6) is 1.31. The maximum atomic E-state index is 11.7. The highest BCUT2D eigenvalue weighted by Crippen LogP contribution is 2.37. The zero-order valence-electron chi connectivity index (χ0n) is 15.6. The molecule has 1 aromatic heterocycles. The number of piperidine rings is 1. The van der Waals surface area contributed by atoms with Crippen molar-refractivity contribution >= 4 is 5.91 Å². The summed E-state index contributed by atoms with van der Waals surface area (Å²) in [5, 5.41) is 4.41. The van der Waals surface area contributed by atoms with E-state index in [1.165, 1.54) is 28.3 Å². The van der Waals surface area contributed by atoms with Gasteiger partial charge in [-0.15, -0.1) is 0 Å². The second-order valence-electron chi connectivity index (χ2n) is 7.10. The summed E-state index contributed by atoms with van der Waals surface area (Å²) in [6, 6.07) is 4.38. The Balaban J connectivity index is 1.86. The fourth-order valence-corrected chi connectivity index (χ4v) is 4.01. The fraction of sp³-hybridized carbons (Fsp3) is 0.429. The second kappa shape index (κ2) is 6.87. The Morgan fingerprint density at radius 1 is 1.20 bits per heavy atom. The van der Waals surface area contributed by atoms with Gasteiger partial charge in [0.1, 0.15) is 11.5 Å². The third kappa shape index (κ3) is 3.26. The van der Waals surface area contributed by atoms with Gasteiger partial charge >= 0.3 is 0 Å². The van der Waals surface area contributed by atoms with Crippen LogP contribution in [0.25, 0.3) is 11.3 Å². The van der Waals surface area contributed by atoms with Crippen LogP contribution in [0.4, 0.5) is 0 Å². The molecule has 25 heavy (non-hydrogen) atoms. The van der Waals surface area contributed by atoms with Crippen molar-refractivity contribution in [1.29, 1.82) is 0 Å². The minimum absolute atomic E-state index is 0.0133. The number of amides is 1. The average molecular weight is 338 g/mol. The number of aryl methyl sites for hydroxylation is 3. The zero-order valence-corrected chi connectivity index (χ0v) is 15.6. The van der Waals surface area contributed by atoms with Crippen LogP contribution in [0.3, 0.4) is 0 Å². The van der Waals surface area contributed by atoms with Gasteiger partial charge < -0.3 is 9.42 Å². The molecule has 1 aliphatic heterocycles. The monoisotopic (exact) mass is 338 g/mol. The van der Waals surface area contributed by atoms with Crippen LogP contribution in [0, 0.1) is 27.7 Å². The Morgan fingerprint density at radius 3 is 2.36 bits per heavy atom. The van der Waals surface area contributed by atoms with Gasteiger partial charge in [-0.05, 0) is 57.7 Å². The van der Waals surface area contributed by atoms with Crippen molar-refractivity contribution in [3.8, 4) is 11.3 Å². The van der Waals surface area contributed by atoms with E-state index in [1.807, 2.05) is 4.90 Å². The van der Waals surface area contributed by atoms with E-state index in [4.69, 9.17) is 4.52 Å². The van der Waals surface area contributed by atoms with E-state index in [0.29, 0.717) is 5.92 Å². The molecule has 1 aliphatic rings. The lowest BCUT2D eigenvalue weighted by molar-refractivity contribution is -0.127. The Morgan fingerprint density at radius 2 is 1.80 bits per heavy atom. The molecular formula is C21H26N2O2. The number of likely N-dealkylation sites (tertiary alicyclic amines) is 1. The van der Waals surface area contributed by atoms with Crippen LogP contribution in [0.15, 0.2) is 29.3 Å². The first-order valence-corrected chi connectivity index (χ1v) is 8.88. The van der Waals surface area contributed by atoms with E-state index in [-0.39, 0.29) is 5.91 Å². The molecule has 0 aliphatic carbocycles. The number of nitrogens with zero attached hydrogens (tertiary/aromatic N) is 2. The lowest BCUT2D eigenvalue weighted by atomic mass is 9.89. The highest BCUT2D eigenvalue weighted by molar-refractivity contribution is 5.87. The summed E-state index contributed by atoms with van der Waals surface area (Å²) in [5.41, 5.74) is 6.98. The van der Waals surface area contributed by atoms with Gasteiger partial charge in [0.2, 0.25) is 5.91 Å². The Kier molecular flexibility index (Phi) is 4.80. The topological polar surface area (TPSA) is 46.3 Å². The molecule has 2 heterocycles. The van der Waals surface area contributed by atoms with E-state index in [1.54, 1.807) is 0 Å². The van der Waals surface area contributed by atoms with Crippen molar-refractivity contribution in [1.82, 2.24) is 10.1 Å². The Labute approximate surface area is 149 Å². The largest absolute Gasteiger partial charge is 0.360 e. The first-order valence-electron chi connectivity index (χ1n) is 8.88. The molecule has 2 aromatic rings. The van der Waals surface area contributed by atoms with Gasteiger partial charge in [-0.2, -0.15) is 0 Å². The van der Waals surface area contributed by atoms with Crippen LogP contribution in [-0.2, 0) is 4.79 Å². The number of benzene rings is 1. The molecule has 0 N–H and O–H groups in total. The van der Waals surface area contributed by atoms with Crippen LogP contribution >= 0.6 is 0 Å². The van der Waals surface area contributed by atoms with E-state index in [0.717, 1.165) is 42.9 Å². The number of hydrogen-bond donors (Lipinski definition) is 0. The van der Waals surface area contributed by atoms with Crippen molar-refractivity contribution in [2.75, 3.05) is 13.1 Å². The van der Waals surface area contributed by atoms with E-state index < -0.39 is 0 Å². The molecule has 0 spiro atoms. The van der Waals surface area contributed by atoms with Crippen molar-refractivity contribution in [3.05, 3.63) is 52.8 Å². The van der Waals surface area contributed by atoms with Crippen LogP contribution in [0.1, 0.15) is 46.8 Å². The summed E-state index contributed by atoms with van der Waals surface area (Å²) >= 11 is 0. The Bertz CT molecular complexity index is 788. The molecule has 3 rings (SSSR count). The standard InChI is InChI=1S/C21H26N2O2/c1-6-18(24)23-9-7-17(8-10-23)21-16(5)20(22-25-21)19-14(3)11-13(2)12-15(19)4/h6,11-12,17H,1,7-10H2,2-5H3. The molecule has 0 bridgehead atoms. The average Bonchev–Trinajstić information content (AvgIpc) is 2.95. The molecule has 4 heteroatoms. The van der Waals surface area contributed by atoms with Gasteiger partial charge in [0, 0.05) is 30.1 Å². The van der Waals surface area contributed by atoms with Crippen LogP contribution in [-0.4, -0.2) is 29.1 Å². The number of hydrogen-bond acceptors (Lipinski definition) is 3. The van der Waals surface area contributed by atoms with Crippen LogP contribution in [0.5, 0.6) is 0 Å². The number of aromatic nitrogens is 1. The van der Waals surface area contributed by atoms with Crippen molar-refractivity contribution in [2.24, 2.45) is 0 Å². The van der Waals surface area contributed by atoms with Gasteiger partial charge in [-0.25, -0.2) is 0 Å². The van der Waals surface area contributed by atoms with Crippen molar-refractivity contribution in [3.63, 3.8) is 0 Å². The van der Waals surface area contributed by atoms with E-state index >= 15 is 0 Å². The first-order chi connectivity index (χ1) is 11.9. The third-order valence-corrected chi connectivity index (χ3v) is 5.23. The molecule has 1 amide bonds. The summed E-state index contributed by atoms with van der Waals surface area (Å²) in [6.07, 6.45) is 3.20. The highest BCUT2D eigenvalue weighted by atomic mass is 16.5. The van der Waals surface area contributed by atoms with E-state index in [9.17, 15) is 4.79 Å². The molecule has 0 unspecified atom stereocenters. The summed E-state index contributed by atoms with van der Waals surface area (Å²) in [7, 11) is 0. The molecule has 1 aromatic carbocycles. The minimum atomic E-state index is 0.0133. The van der Waals surface area contributed by atoms with Gasteiger partial charge in [-0.1, -0.05) is 29.4 Å². The lowest BCUT2D eigenvalue weighted by Gasteiger charge is -2.30. The maximum absolute atomic E-state index is 11.7. The van der Waals surface area contributed by atoms with Gasteiger partial charge in [0.05, 0.1) is 0 Å². The normalized spacial score (nSPS) is 15.4. The fourth-order valence-electron chi connectivity index (χ4n) is 4.01. The molecule has 0 atom stereocenters. The highest BCUT2D eigenvalue weighted by Gasteiger charge is 2.28. The first kappa shape index (κ1) is 17.5. The summed E-state index contributed by atoms with van der Waals surface area (Å²) in [4.78, 5) is 13.6. The van der Waals surface area contributed by atoms with Crippen molar-refractivity contribution in [2.45, 2.75) is 46.5 Å². The molecule has 0 radical (unpaired) electrons. The molecule has 1 fully saturated rings. The van der Waals surface area contributed by atoms with Crippen LogP contribution in [0.2, 0.25) is 0 Å². The number of carbonyl (C=O) groups excluding carboxylic acids is 1. The summed E-state index contributed by atoms with van der Waals surface area (Å²) < 4.78 is 5.78.